The molecule has 19 nitrogen and oxygen atoms in total. The third kappa shape index (κ3) is 45.2. The fourth-order valence-electron chi connectivity index (χ4n) is 5.07. The highest BCUT2D eigenvalue weighted by Crippen LogP contribution is 2.36. The summed E-state index contributed by atoms with van der Waals surface area (Å²) in [4.78, 5) is 55.0. The number of carbonyl (C=O) groups excluding carboxylic acids is 5. The average molecular weight is 1240 g/mol. The Balaban J connectivity index is -0.000000299. The van der Waals surface area contributed by atoms with E-state index in [1.807, 2.05) is 0 Å². The van der Waals surface area contributed by atoms with Crippen LogP contribution in [0.2, 0.25) is 0 Å². The molecule has 5 unspecified atom stereocenters. The molecule has 1 amide bonds. The van der Waals surface area contributed by atoms with Gasteiger partial charge in [-0.25, -0.2) is 27.6 Å². The number of sulfonamides is 1. The Morgan fingerprint density at radius 3 is 1.41 bits per heavy atom. The fourth-order valence-corrected chi connectivity index (χ4v) is 6.96. The summed E-state index contributed by atoms with van der Waals surface area (Å²) >= 11 is 0. The SMILES string of the molecule is C=C(C)C(=O)OC(C)CC(C(C)O)C(F)(F)F.C=C(C)C(=O)OC(CC(C)C)CC(C)(O)C(F)(F)F.C=C(C)C(=O)OCC(C)(C)NS(=O)(=O)C(F)(F)F.C=C(C)C(=O)OCCNCC(F)(F)F.C=CC(=O)NC(C)(C)CS(=O)(=O)O. The molecule has 0 bridgehead atoms. The maximum absolute atomic E-state index is 12.6. The van der Waals surface area contributed by atoms with Crippen molar-refractivity contribution in [3.05, 3.63) is 61.3 Å². The number of esters is 4. The number of nitrogens with one attached hydrogen (secondary N) is 3. The Labute approximate surface area is 464 Å². The van der Waals surface area contributed by atoms with E-state index in [4.69, 9.17) is 19.1 Å². The topological polar surface area (TPSA) is 287 Å². The van der Waals surface area contributed by atoms with Gasteiger partial charge in [-0.05, 0) is 101 Å². The second kappa shape index (κ2) is 35.8. The van der Waals surface area contributed by atoms with Crippen molar-refractivity contribution < 1.29 is 127 Å². The Morgan fingerprint density at radius 1 is 0.654 bits per heavy atom. The first kappa shape index (κ1) is 84.7. The molecule has 0 saturated heterocycles. The molecule has 0 fully saturated rings. The van der Waals surface area contributed by atoms with Crippen LogP contribution in [0.4, 0.5) is 52.7 Å². The van der Waals surface area contributed by atoms with E-state index in [0.717, 1.165) is 26.8 Å². The lowest BCUT2D eigenvalue weighted by atomic mass is 9.93. The van der Waals surface area contributed by atoms with Gasteiger partial charge in [-0.1, -0.05) is 46.7 Å². The van der Waals surface area contributed by atoms with Crippen molar-refractivity contribution >= 4 is 49.9 Å². The number of carbonyl (C=O) groups is 5. The van der Waals surface area contributed by atoms with Gasteiger partial charge in [0.15, 0.2) is 5.60 Å². The molecular formula is C48H77F12N3O16S2. The summed E-state index contributed by atoms with van der Waals surface area (Å²) < 4.78 is 218. The van der Waals surface area contributed by atoms with Gasteiger partial charge in [-0.15, -0.1) is 0 Å². The van der Waals surface area contributed by atoms with Crippen LogP contribution in [0.3, 0.4) is 0 Å². The summed E-state index contributed by atoms with van der Waals surface area (Å²) in [5, 5.41) is 23.0. The number of ether oxygens (including phenoxy) is 4. The number of alkyl halides is 12. The molecule has 0 aromatic rings. The van der Waals surface area contributed by atoms with Gasteiger partial charge < -0.3 is 39.8 Å². The predicted octanol–water partition coefficient (Wildman–Crippen LogP) is 8.20. The van der Waals surface area contributed by atoms with E-state index in [1.54, 1.807) is 13.8 Å². The first-order chi connectivity index (χ1) is 35.7. The van der Waals surface area contributed by atoms with Gasteiger partial charge in [0, 0.05) is 35.3 Å². The van der Waals surface area contributed by atoms with Crippen molar-refractivity contribution in [1.29, 1.82) is 0 Å². The molecule has 0 aromatic heterocycles. The van der Waals surface area contributed by atoms with Crippen LogP contribution in [-0.2, 0) is 63.1 Å². The van der Waals surface area contributed by atoms with Crippen LogP contribution >= 0.6 is 0 Å². The summed E-state index contributed by atoms with van der Waals surface area (Å²) in [5.74, 6) is -5.77. The van der Waals surface area contributed by atoms with E-state index in [1.165, 1.54) is 53.2 Å². The minimum absolute atomic E-state index is 0.0292. The molecule has 5 atom stereocenters. The van der Waals surface area contributed by atoms with Crippen LogP contribution < -0.4 is 15.4 Å². The lowest BCUT2D eigenvalue weighted by molar-refractivity contribution is -0.262. The molecule has 0 aliphatic rings. The summed E-state index contributed by atoms with van der Waals surface area (Å²) in [7, 11) is -9.57. The molecule has 81 heavy (non-hydrogen) atoms. The molecular weight excluding hydrogens is 1170 g/mol. The van der Waals surface area contributed by atoms with Gasteiger partial charge >= 0.3 is 57.9 Å². The van der Waals surface area contributed by atoms with Crippen molar-refractivity contribution in [2.45, 2.75) is 168 Å². The molecule has 0 aliphatic heterocycles. The molecule has 0 aromatic carbocycles. The second-order valence-electron chi connectivity index (χ2n) is 19.8. The number of aliphatic hydroxyl groups is 2. The van der Waals surface area contributed by atoms with Gasteiger partial charge in [-0.3, -0.25) is 9.35 Å². The highest BCUT2D eigenvalue weighted by atomic mass is 32.2. The number of hydrogen-bond donors (Lipinski definition) is 6. The predicted molar refractivity (Wildman–Crippen MR) is 273 cm³/mol. The van der Waals surface area contributed by atoms with Crippen molar-refractivity contribution in [1.82, 2.24) is 15.4 Å². The smallest absolute Gasteiger partial charge is 0.461 e. The van der Waals surface area contributed by atoms with Crippen molar-refractivity contribution in [3.63, 3.8) is 0 Å². The van der Waals surface area contributed by atoms with Crippen LogP contribution in [0.5, 0.6) is 0 Å². The minimum Gasteiger partial charge on any atom is -0.461 e. The highest BCUT2D eigenvalue weighted by molar-refractivity contribution is 7.90. The quantitative estimate of drug-likeness (QED) is 0.0125. The third-order valence-electron chi connectivity index (χ3n) is 8.84. The Morgan fingerprint density at radius 2 is 1.07 bits per heavy atom. The molecule has 0 spiro atoms. The third-order valence-corrected chi connectivity index (χ3v) is 11.4. The van der Waals surface area contributed by atoms with Gasteiger partial charge in [0.1, 0.15) is 25.4 Å². The normalized spacial score (nSPS) is 14.4. The van der Waals surface area contributed by atoms with E-state index in [0.29, 0.717) is 6.92 Å². The number of amides is 1. The molecule has 476 valence electrons. The van der Waals surface area contributed by atoms with E-state index in [-0.39, 0.29) is 47.8 Å². The maximum atomic E-state index is 12.6. The van der Waals surface area contributed by atoms with E-state index >= 15 is 0 Å². The van der Waals surface area contributed by atoms with E-state index < -0.39 is 147 Å². The Kier molecular flexibility index (Phi) is 37.4. The van der Waals surface area contributed by atoms with Gasteiger partial charge in [0.2, 0.25) is 5.91 Å². The summed E-state index contributed by atoms with van der Waals surface area (Å²) in [6, 6.07) is 0. The molecule has 0 saturated carbocycles. The Bertz CT molecular complexity index is 2310. The first-order valence-corrected chi connectivity index (χ1v) is 26.5. The Hall–Kier alpha value is -5.09. The highest BCUT2D eigenvalue weighted by Gasteiger charge is 2.52. The molecule has 33 heteroatoms. The zero-order valence-electron chi connectivity index (χ0n) is 47.2. The molecule has 0 radical (unpaired) electrons. The first-order valence-electron chi connectivity index (χ1n) is 23.4. The van der Waals surface area contributed by atoms with Crippen molar-refractivity contribution in [2.24, 2.45) is 11.8 Å². The standard InChI is InChI=1S/C13H21F3O3.C11H17F3O3.C9H14F3NO4S.C8H12F3NO2.C7H13NO4S/c1-8(2)6-10(19-11(17)9(3)4)7-12(5,18)13(14,15)16;1-6(2)10(16)17-7(3)5-9(8(4)15)11(12,13)14;1-6(2)7(14)17-5-8(3,4)13-18(15,16)9(10,11)12;1-6(2)7(13)14-4-3-12-5-8(9,10)11;1-4-6(9)8-7(2,3)5-13(10,11)12/h8,10,18H,3,6-7H2,1-2,4-5H3;7-9,15H,1,5H2,2-4H3;13H,1,5H2,2-4H3;12H,1,3-5H2,2H3;4H,1,5H2,2-3H3,(H,8,9)(H,10,11,12). The number of rotatable bonds is 25. The van der Waals surface area contributed by atoms with Crippen LogP contribution in [-0.4, -0.2) is 152 Å². The van der Waals surface area contributed by atoms with Crippen LogP contribution in [0.15, 0.2) is 61.3 Å². The van der Waals surface area contributed by atoms with Crippen LogP contribution in [0, 0.1) is 11.8 Å². The van der Waals surface area contributed by atoms with Crippen LogP contribution in [0.25, 0.3) is 0 Å². The molecule has 0 aliphatic carbocycles. The van der Waals surface area contributed by atoms with Gasteiger partial charge in [-0.2, -0.15) is 65.8 Å². The summed E-state index contributed by atoms with van der Waals surface area (Å²) in [6.45, 7) is 32.4. The second-order valence-corrected chi connectivity index (χ2v) is 23.0. The number of aliphatic hydroxyl groups excluding tert-OH is 1. The van der Waals surface area contributed by atoms with Gasteiger partial charge in [0.05, 0.1) is 35.4 Å². The largest absolute Gasteiger partial charge is 0.511 e. The lowest BCUT2D eigenvalue weighted by Crippen LogP contribution is -2.51. The van der Waals surface area contributed by atoms with Crippen LogP contribution in [0.1, 0.15) is 109 Å². The maximum Gasteiger partial charge on any atom is 0.511 e. The minimum atomic E-state index is -5.49. The average Bonchev–Trinajstić information content (AvgIpc) is 3.21. The summed E-state index contributed by atoms with van der Waals surface area (Å²) in [5.41, 5.74) is -10.4. The van der Waals surface area contributed by atoms with Gasteiger partial charge in [0.25, 0.3) is 10.1 Å². The zero-order chi connectivity index (χ0) is 65.9. The molecule has 0 heterocycles. The molecule has 0 rings (SSSR count). The molecule has 6 N–H and O–H groups in total. The fraction of sp³-hybridized carbons (Fsp3) is 0.688. The van der Waals surface area contributed by atoms with Crippen molar-refractivity contribution in [3.8, 4) is 0 Å². The number of halogens is 12. The van der Waals surface area contributed by atoms with E-state index in [2.05, 4.69) is 53.0 Å². The monoisotopic (exact) mass is 1240 g/mol. The zero-order valence-corrected chi connectivity index (χ0v) is 48.8. The number of hydrogen-bond acceptors (Lipinski definition) is 16. The van der Waals surface area contributed by atoms with Crippen molar-refractivity contribution in [2.75, 3.05) is 32.1 Å². The van der Waals surface area contributed by atoms with E-state index in [9.17, 15) is 98.6 Å². The summed E-state index contributed by atoms with van der Waals surface area (Å²) in [6.07, 6.45) is -16.9. The lowest BCUT2D eigenvalue weighted by Gasteiger charge is -2.31.